The predicted octanol–water partition coefficient (Wildman–Crippen LogP) is 3.84. The normalized spacial score (nSPS) is 10.3. The summed E-state index contributed by atoms with van der Waals surface area (Å²) in [7, 11) is 0. The number of nitriles is 1. The molecule has 2 N–H and O–H groups in total. The molecule has 174 valence electrons. The Morgan fingerprint density at radius 3 is 2.33 bits per heavy atom. The Bertz CT molecular complexity index is 1060. The van der Waals surface area contributed by atoms with Gasteiger partial charge in [-0.3, -0.25) is 14.5 Å². The maximum atomic E-state index is 12.8. The third-order valence-electron chi connectivity index (χ3n) is 4.95. The summed E-state index contributed by atoms with van der Waals surface area (Å²) in [6, 6.07) is 12.0. The number of esters is 1. The van der Waals surface area contributed by atoms with E-state index in [4.69, 9.17) is 10.00 Å². The number of hydrogen-bond donors (Lipinski definition) is 2. The molecule has 2 rings (SSSR count). The van der Waals surface area contributed by atoms with Crippen molar-refractivity contribution in [1.82, 2.24) is 5.32 Å². The predicted molar refractivity (Wildman–Crippen MR) is 127 cm³/mol. The van der Waals surface area contributed by atoms with Crippen molar-refractivity contribution in [2.75, 3.05) is 23.4 Å². The van der Waals surface area contributed by atoms with E-state index >= 15 is 0 Å². The number of carbonyl (C=O) groups excluding carboxylic acids is 3. The molecule has 0 heterocycles. The molecule has 0 aliphatic heterocycles. The van der Waals surface area contributed by atoms with Gasteiger partial charge in [0.2, 0.25) is 5.91 Å². The topological polar surface area (TPSA) is 112 Å². The van der Waals surface area contributed by atoms with E-state index in [1.54, 1.807) is 36.1 Å². The molecular weight excluding hydrogens is 420 g/mol. The Morgan fingerprint density at radius 1 is 1.09 bits per heavy atom. The third kappa shape index (κ3) is 7.07. The van der Waals surface area contributed by atoms with Crippen molar-refractivity contribution in [3.05, 3.63) is 58.7 Å². The number of nitrogens with one attached hydrogen (secondary N) is 2. The van der Waals surface area contributed by atoms with E-state index < -0.39 is 12.0 Å². The maximum Gasteiger partial charge on any atom is 0.325 e. The van der Waals surface area contributed by atoms with Crippen molar-refractivity contribution < 1.29 is 19.1 Å². The second kappa shape index (κ2) is 11.7. The number of benzene rings is 2. The lowest BCUT2D eigenvalue weighted by Crippen LogP contribution is -2.46. The van der Waals surface area contributed by atoms with Crippen LogP contribution in [0.1, 0.15) is 43.0 Å². The molecule has 8 nitrogen and oxygen atoms in total. The van der Waals surface area contributed by atoms with Gasteiger partial charge in [0.25, 0.3) is 0 Å². The fraction of sp³-hybridized carbons (Fsp3) is 0.360. The Morgan fingerprint density at radius 2 is 1.76 bits per heavy atom. The number of urea groups is 1. The number of aryl methyl sites for hydroxylation is 2. The highest BCUT2D eigenvalue weighted by Gasteiger charge is 2.22. The molecule has 0 spiro atoms. The zero-order chi connectivity index (χ0) is 24.5. The number of amides is 3. The van der Waals surface area contributed by atoms with Crippen LogP contribution in [0.15, 0.2) is 36.4 Å². The molecular formula is C25H30N4O4. The highest BCUT2D eigenvalue weighted by atomic mass is 16.5. The minimum absolute atomic E-state index is 0.165. The monoisotopic (exact) mass is 450 g/mol. The Kier molecular flexibility index (Phi) is 8.98. The molecule has 2 aromatic rings. The quantitative estimate of drug-likeness (QED) is 0.594. The summed E-state index contributed by atoms with van der Waals surface area (Å²) < 4.78 is 4.86. The Hall–Kier alpha value is -3.86. The number of anilines is 2. The third-order valence-corrected chi connectivity index (χ3v) is 4.95. The molecule has 0 aromatic heterocycles. The largest absolute Gasteiger partial charge is 0.465 e. The van der Waals surface area contributed by atoms with E-state index in [0.29, 0.717) is 16.9 Å². The van der Waals surface area contributed by atoms with Crippen LogP contribution in [0.25, 0.3) is 0 Å². The first-order valence-corrected chi connectivity index (χ1v) is 10.8. The van der Waals surface area contributed by atoms with Crippen molar-refractivity contribution in [2.45, 2.75) is 47.1 Å². The van der Waals surface area contributed by atoms with Gasteiger partial charge in [0.15, 0.2) is 0 Å². The van der Waals surface area contributed by atoms with Crippen molar-refractivity contribution >= 4 is 29.3 Å². The minimum Gasteiger partial charge on any atom is -0.465 e. The summed E-state index contributed by atoms with van der Waals surface area (Å²) in [6.45, 7) is 9.22. The summed E-state index contributed by atoms with van der Waals surface area (Å²) in [5.74, 6) is -0.675. The second-order valence-electron chi connectivity index (χ2n) is 7.91. The Balaban J connectivity index is 2.15. The molecule has 2 aromatic carbocycles. The van der Waals surface area contributed by atoms with Gasteiger partial charge in [0, 0.05) is 17.4 Å². The van der Waals surface area contributed by atoms with Crippen molar-refractivity contribution in [1.29, 1.82) is 5.26 Å². The van der Waals surface area contributed by atoms with Crippen LogP contribution in [-0.4, -0.2) is 37.1 Å². The van der Waals surface area contributed by atoms with Gasteiger partial charge in [-0.15, -0.1) is 0 Å². The van der Waals surface area contributed by atoms with Gasteiger partial charge in [-0.2, -0.15) is 5.26 Å². The maximum absolute atomic E-state index is 12.8. The molecule has 33 heavy (non-hydrogen) atoms. The molecule has 0 saturated heterocycles. The first-order chi connectivity index (χ1) is 15.7. The van der Waals surface area contributed by atoms with Crippen LogP contribution in [0, 0.1) is 25.2 Å². The lowest BCUT2D eigenvalue weighted by atomic mass is 10.1. The van der Waals surface area contributed by atoms with E-state index in [-0.39, 0.29) is 31.5 Å². The average Bonchev–Trinajstić information content (AvgIpc) is 2.76. The number of ether oxygens (including phenoxy) is 1. The SMILES string of the molecule is CCOC(=O)CNC(=O)N(c1cc(C)c(NC(=O)Cc2ccc(C#N)cc2)cc1C)C(C)C. The van der Waals surface area contributed by atoms with Gasteiger partial charge >= 0.3 is 12.0 Å². The lowest BCUT2D eigenvalue weighted by Gasteiger charge is -2.29. The van der Waals surface area contributed by atoms with Gasteiger partial charge in [-0.25, -0.2) is 4.79 Å². The number of rotatable bonds is 8. The van der Waals surface area contributed by atoms with Gasteiger partial charge in [0.05, 0.1) is 24.7 Å². The number of nitrogens with zero attached hydrogens (tertiary/aromatic N) is 2. The van der Waals surface area contributed by atoms with Crippen LogP contribution in [0.5, 0.6) is 0 Å². The molecule has 3 amide bonds. The highest BCUT2D eigenvalue weighted by Crippen LogP contribution is 2.29. The standard InChI is InChI=1S/C25H30N4O4/c1-6-33-24(31)15-27-25(32)29(16(2)3)22-12-17(4)21(11-18(22)5)28-23(30)13-19-7-9-20(14-26)10-8-19/h7-12,16H,6,13,15H2,1-5H3,(H,27,32)(H,28,30). The van der Waals surface area contributed by atoms with Crippen molar-refractivity contribution in [3.8, 4) is 6.07 Å². The Labute approximate surface area is 194 Å². The first-order valence-electron chi connectivity index (χ1n) is 10.8. The summed E-state index contributed by atoms with van der Waals surface area (Å²) in [4.78, 5) is 38.5. The first kappa shape index (κ1) is 25.4. The molecule has 0 saturated carbocycles. The molecule has 0 fully saturated rings. The highest BCUT2D eigenvalue weighted by molar-refractivity contribution is 5.97. The summed E-state index contributed by atoms with van der Waals surface area (Å²) in [6.07, 6.45) is 0.181. The summed E-state index contributed by atoms with van der Waals surface area (Å²) in [5, 5.41) is 14.4. The van der Waals surface area contributed by atoms with Crippen LogP contribution in [0.3, 0.4) is 0 Å². The van der Waals surface area contributed by atoms with Gasteiger partial charge in [0.1, 0.15) is 6.54 Å². The smallest absolute Gasteiger partial charge is 0.325 e. The molecule has 8 heteroatoms. The number of carbonyl (C=O) groups is 3. The van der Waals surface area contributed by atoms with Gasteiger partial charge < -0.3 is 15.4 Å². The minimum atomic E-state index is -0.497. The van der Waals surface area contributed by atoms with Crippen LogP contribution in [0.4, 0.5) is 16.2 Å². The van der Waals surface area contributed by atoms with Gasteiger partial charge in [-0.05, 0) is 75.6 Å². The lowest BCUT2D eigenvalue weighted by molar-refractivity contribution is -0.141. The van der Waals surface area contributed by atoms with Crippen LogP contribution in [0.2, 0.25) is 0 Å². The fourth-order valence-corrected chi connectivity index (χ4v) is 3.34. The molecule has 0 radical (unpaired) electrons. The van der Waals surface area contributed by atoms with Crippen LogP contribution >= 0.6 is 0 Å². The summed E-state index contributed by atoms with van der Waals surface area (Å²) >= 11 is 0. The van der Waals surface area contributed by atoms with E-state index in [0.717, 1.165) is 16.7 Å². The van der Waals surface area contributed by atoms with E-state index in [1.807, 2.05) is 39.8 Å². The zero-order valence-corrected chi connectivity index (χ0v) is 19.7. The molecule has 0 aliphatic rings. The molecule has 0 aliphatic carbocycles. The second-order valence-corrected chi connectivity index (χ2v) is 7.91. The van der Waals surface area contributed by atoms with E-state index in [9.17, 15) is 14.4 Å². The molecule has 0 unspecified atom stereocenters. The molecule has 0 atom stereocenters. The van der Waals surface area contributed by atoms with Crippen LogP contribution < -0.4 is 15.5 Å². The van der Waals surface area contributed by atoms with Gasteiger partial charge in [-0.1, -0.05) is 12.1 Å². The van der Waals surface area contributed by atoms with Crippen molar-refractivity contribution in [3.63, 3.8) is 0 Å². The fourth-order valence-electron chi connectivity index (χ4n) is 3.34. The number of hydrogen-bond acceptors (Lipinski definition) is 5. The average molecular weight is 451 g/mol. The van der Waals surface area contributed by atoms with Crippen molar-refractivity contribution in [2.24, 2.45) is 0 Å². The zero-order valence-electron chi connectivity index (χ0n) is 19.7. The van der Waals surface area contributed by atoms with E-state index in [1.165, 1.54) is 0 Å². The molecule has 0 bridgehead atoms. The van der Waals surface area contributed by atoms with E-state index in [2.05, 4.69) is 16.7 Å². The van der Waals surface area contributed by atoms with Crippen LogP contribution in [-0.2, 0) is 20.7 Å². The summed E-state index contributed by atoms with van der Waals surface area (Å²) in [5.41, 5.74) is 4.30.